The van der Waals surface area contributed by atoms with Gasteiger partial charge in [-0.2, -0.15) is 0 Å². The van der Waals surface area contributed by atoms with Gasteiger partial charge in [0.1, 0.15) is 0 Å². The molecule has 0 spiro atoms. The molecule has 0 aliphatic heterocycles. The number of benzene rings is 1. The Kier molecular flexibility index (Phi) is 14.0. The summed E-state index contributed by atoms with van der Waals surface area (Å²) in [6.45, 7) is 14.0. The fraction of sp³-hybridized carbons (Fsp3) is 0.412. The minimum Gasteiger partial charge on any atom is -0.233 e. The average Bonchev–Trinajstić information content (AvgIpc) is 2.55. The van der Waals surface area contributed by atoms with Gasteiger partial charge in [-0.3, -0.25) is 0 Å². The van der Waals surface area contributed by atoms with Gasteiger partial charge in [-0.25, -0.2) is 14.4 Å². The van der Waals surface area contributed by atoms with Crippen molar-refractivity contribution in [3.63, 3.8) is 0 Å². The van der Waals surface area contributed by atoms with Crippen molar-refractivity contribution in [1.29, 1.82) is 0 Å². The molecule has 1 aromatic heterocycles. The van der Waals surface area contributed by atoms with E-state index in [1.54, 1.807) is 0 Å². The molecule has 0 saturated heterocycles. The van der Waals surface area contributed by atoms with E-state index in [9.17, 15) is 4.39 Å². The van der Waals surface area contributed by atoms with Gasteiger partial charge >= 0.3 is 0 Å². The minimum atomic E-state index is -0.416. The van der Waals surface area contributed by atoms with E-state index in [2.05, 4.69) is 9.97 Å². The number of nitrogens with zero attached hydrogens (tertiary/aromatic N) is 2. The third kappa shape index (κ3) is 7.62. The summed E-state index contributed by atoms with van der Waals surface area (Å²) in [4.78, 5) is 7.78. The van der Waals surface area contributed by atoms with Gasteiger partial charge in [0.15, 0.2) is 11.6 Å². The quantitative estimate of drug-likeness (QED) is 0.671. The molecule has 3 heteroatoms. The number of aryl methyl sites for hydroxylation is 1. The van der Waals surface area contributed by atoms with Crippen LogP contribution in [0.2, 0.25) is 0 Å². The van der Waals surface area contributed by atoms with Crippen LogP contribution < -0.4 is 0 Å². The van der Waals surface area contributed by atoms with Gasteiger partial charge in [0.05, 0.1) is 12.4 Å². The number of aromatic nitrogens is 2. The first-order chi connectivity index (χ1) is 9.75. The Labute approximate surface area is 123 Å². The lowest BCUT2D eigenvalue weighted by molar-refractivity contribution is 0.614. The summed E-state index contributed by atoms with van der Waals surface area (Å²) in [7, 11) is 0. The van der Waals surface area contributed by atoms with Gasteiger partial charge in [0, 0.05) is 5.56 Å². The van der Waals surface area contributed by atoms with Crippen LogP contribution in [0.15, 0.2) is 36.7 Å². The van der Waals surface area contributed by atoms with Crippen molar-refractivity contribution >= 4 is 0 Å². The predicted octanol–water partition coefficient (Wildman–Crippen LogP) is 5.67. The van der Waals surface area contributed by atoms with Crippen molar-refractivity contribution in [3.8, 4) is 11.4 Å². The van der Waals surface area contributed by atoms with E-state index in [4.69, 9.17) is 0 Å². The number of rotatable bonds is 1. The maximum absolute atomic E-state index is 12.5. The molecule has 1 heterocycles. The Balaban J connectivity index is 0. The molecule has 1 aromatic carbocycles. The highest BCUT2D eigenvalue weighted by Gasteiger charge is 1.99. The van der Waals surface area contributed by atoms with E-state index in [0.717, 1.165) is 5.56 Å². The van der Waals surface area contributed by atoms with Crippen LogP contribution in [0.4, 0.5) is 4.39 Å². The molecular formula is C17H27FN2. The lowest BCUT2D eigenvalue weighted by Crippen LogP contribution is -1.89. The molecule has 2 rings (SSSR count). The monoisotopic (exact) mass is 278 g/mol. The summed E-state index contributed by atoms with van der Waals surface area (Å²) in [5.41, 5.74) is 2.08. The van der Waals surface area contributed by atoms with E-state index in [0.29, 0.717) is 5.82 Å². The van der Waals surface area contributed by atoms with Gasteiger partial charge in [-0.05, 0) is 6.92 Å². The highest BCUT2D eigenvalue weighted by atomic mass is 19.1. The molecule has 2 nitrogen and oxygen atoms in total. The predicted molar refractivity (Wildman–Crippen MR) is 86.2 cm³/mol. The summed E-state index contributed by atoms with van der Waals surface area (Å²) in [6, 6.07) is 7.79. The fourth-order valence-corrected chi connectivity index (χ4v) is 1.16. The summed E-state index contributed by atoms with van der Waals surface area (Å²) < 4.78 is 12.5. The van der Waals surface area contributed by atoms with Crippen molar-refractivity contribution < 1.29 is 4.39 Å². The van der Waals surface area contributed by atoms with Gasteiger partial charge < -0.3 is 0 Å². The van der Waals surface area contributed by atoms with Crippen LogP contribution in [-0.2, 0) is 0 Å². The third-order valence-electron chi connectivity index (χ3n) is 1.93. The highest BCUT2D eigenvalue weighted by molar-refractivity contribution is 5.54. The molecular weight excluding hydrogens is 251 g/mol. The molecule has 0 bridgehead atoms. The van der Waals surface area contributed by atoms with Crippen molar-refractivity contribution in [3.05, 3.63) is 48.0 Å². The molecule has 0 unspecified atom stereocenters. The van der Waals surface area contributed by atoms with E-state index in [-0.39, 0.29) is 0 Å². The largest absolute Gasteiger partial charge is 0.233 e. The fourth-order valence-electron chi connectivity index (χ4n) is 1.16. The summed E-state index contributed by atoms with van der Waals surface area (Å²) in [5.74, 6) is 0.132. The first-order valence-electron chi connectivity index (χ1n) is 7.30. The Hall–Kier alpha value is -1.77. The van der Waals surface area contributed by atoms with Crippen LogP contribution in [0.5, 0.6) is 0 Å². The van der Waals surface area contributed by atoms with Gasteiger partial charge in [0.25, 0.3) is 0 Å². The summed E-state index contributed by atoms with van der Waals surface area (Å²) >= 11 is 0. The molecule has 2 aromatic rings. The van der Waals surface area contributed by atoms with E-state index < -0.39 is 5.82 Å². The molecule has 0 aliphatic rings. The zero-order chi connectivity index (χ0) is 16.0. The Morgan fingerprint density at radius 3 is 1.55 bits per heavy atom. The Morgan fingerprint density at radius 1 is 0.750 bits per heavy atom. The third-order valence-corrected chi connectivity index (χ3v) is 1.93. The van der Waals surface area contributed by atoms with Crippen LogP contribution in [0.3, 0.4) is 0 Å². The first-order valence-corrected chi connectivity index (χ1v) is 7.30. The average molecular weight is 278 g/mol. The minimum absolute atomic E-state index is 0.416. The normalized spacial score (nSPS) is 8.00. The van der Waals surface area contributed by atoms with Crippen molar-refractivity contribution in [2.24, 2.45) is 0 Å². The maximum Gasteiger partial charge on any atom is 0.159 e. The van der Waals surface area contributed by atoms with Crippen molar-refractivity contribution in [1.82, 2.24) is 9.97 Å². The SMILES string of the molecule is CC.CC.CC.Cc1ccc(-c2ncc(F)cn2)cc1. The standard InChI is InChI=1S/C11H9FN2.3C2H6/c1-8-2-4-9(5-3-8)11-13-6-10(12)7-14-11;3*1-2/h2-7H,1H3;3*1-2H3. The molecule has 112 valence electrons. The van der Waals surface area contributed by atoms with Crippen LogP contribution in [-0.4, -0.2) is 9.97 Å². The van der Waals surface area contributed by atoms with Crippen molar-refractivity contribution in [2.45, 2.75) is 48.5 Å². The molecule has 0 fully saturated rings. The van der Waals surface area contributed by atoms with Crippen LogP contribution >= 0.6 is 0 Å². The second kappa shape index (κ2) is 13.7. The van der Waals surface area contributed by atoms with Gasteiger partial charge in [-0.1, -0.05) is 71.4 Å². The summed E-state index contributed by atoms with van der Waals surface area (Å²) in [6.07, 6.45) is 2.34. The smallest absolute Gasteiger partial charge is 0.159 e. The lowest BCUT2D eigenvalue weighted by atomic mass is 10.1. The van der Waals surface area contributed by atoms with Gasteiger partial charge in [0.2, 0.25) is 0 Å². The maximum atomic E-state index is 12.5. The molecule has 0 amide bonds. The zero-order valence-corrected chi connectivity index (χ0v) is 13.7. The molecule has 0 radical (unpaired) electrons. The van der Waals surface area contributed by atoms with E-state index in [1.165, 1.54) is 18.0 Å². The first kappa shape index (κ1) is 20.5. The zero-order valence-electron chi connectivity index (χ0n) is 13.7. The Bertz CT molecular complexity index is 378. The number of halogens is 1. The van der Waals surface area contributed by atoms with E-state index in [1.807, 2.05) is 72.7 Å². The molecule has 0 atom stereocenters. The van der Waals surface area contributed by atoms with Gasteiger partial charge in [-0.15, -0.1) is 0 Å². The highest BCUT2D eigenvalue weighted by Crippen LogP contribution is 2.14. The molecule has 0 aliphatic carbocycles. The topological polar surface area (TPSA) is 25.8 Å². The molecule has 0 saturated carbocycles. The lowest BCUT2D eigenvalue weighted by Gasteiger charge is -1.99. The van der Waals surface area contributed by atoms with Crippen molar-refractivity contribution in [2.75, 3.05) is 0 Å². The van der Waals surface area contributed by atoms with E-state index >= 15 is 0 Å². The second-order valence-corrected chi connectivity index (χ2v) is 3.09. The molecule has 20 heavy (non-hydrogen) atoms. The molecule has 0 N–H and O–H groups in total. The van der Waals surface area contributed by atoms with Crippen LogP contribution in [0.25, 0.3) is 11.4 Å². The van der Waals surface area contributed by atoms with Crippen LogP contribution in [0, 0.1) is 12.7 Å². The number of hydrogen-bond donors (Lipinski definition) is 0. The number of hydrogen-bond acceptors (Lipinski definition) is 2. The van der Waals surface area contributed by atoms with Crippen LogP contribution in [0.1, 0.15) is 47.1 Å². The second-order valence-electron chi connectivity index (χ2n) is 3.09. The Morgan fingerprint density at radius 2 is 1.15 bits per heavy atom. The summed E-state index contributed by atoms with van der Waals surface area (Å²) in [5, 5.41) is 0.